The lowest BCUT2D eigenvalue weighted by molar-refractivity contribution is 0.0536. The van der Waals surface area contributed by atoms with Crippen LogP contribution < -0.4 is 10.1 Å². The second-order valence-corrected chi connectivity index (χ2v) is 5.78. The molecule has 1 fully saturated rings. The first-order chi connectivity index (χ1) is 11.8. The summed E-state index contributed by atoms with van der Waals surface area (Å²) < 4.78 is 15.8. The van der Waals surface area contributed by atoms with Gasteiger partial charge in [0.05, 0.1) is 26.9 Å². The van der Waals surface area contributed by atoms with Crippen molar-refractivity contribution in [3.05, 3.63) is 23.9 Å². The molecule has 24 heavy (non-hydrogen) atoms. The number of ether oxygens (including phenoxy) is 3. The van der Waals surface area contributed by atoms with Crippen LogP contribution in [0.3, 0.4) is 0 Å². The average Bonchev–Trinajstić information content (AvgIpc) is 3.08. The van der Waals surface area contributed by atoms with Gasteiger partial charge in [-0.15, -0.1) is 0 Å². The number of hydrogen-bond donors (Lipinski definition) is 1. The van der Waals surface area contributed by atoms with Gasteiger partial charge in [-0.2, -0.15) is 0 Å². The number of likely N-dealkylation sites (tertiary alicyclic amines) is 1. The Morgan fingerprint density at radius 2 is 2.29 bits per heavy atom. The summed E-state index contributed by atoms with van der Waals surface area (Å²) in [5.74, 6) is 2.09. The molecule has 1 aromatic heterocycles. The van der Waals surface area contributed by atoms with Crippen LogP contribution in [0.4, 0.5) is 0 Å². The van der Waals surface area contributed by atoms with Crippen LogP contribution in [0.2, 0.25) is 0 Å². The monoisotopic (exact) mass is 336 g/mol. The minimum atomic E-state index is 0.543. The second kappa shape index (κ2) is 10.1. The van der Waals surface area contributed by atoms with Crippen molar-refractivity contribution in [3.8, 4) is 5.88 Å². The third-order valence-electron chi connectivity index (χ3n) is 4.04. The highest BCUT2D eigenvalue weighted by Gasteiger charge is 2.24. The zero-order valence-electron chi connectivity index (χ0n) is 14.8. The predicted octanol–water partition coefficient (Wildman–Crippen LogP) is 1.15. The number of methoxy groups -OCH3 is 2. The highest BCUT2D eigenvalue weighted by Crippen LogP contribution is 2.17. The molecular formula is C17H28N4O3. The molecule has 0 aromatic carbocycles. The smallest absolute Gasteiger partial charge is 0.213 e. The lowest BCUT2D eigenvalue weighted by Gasteiger charge is -2.22. The van der Waals surface area contributed by atoms with Crippen LogP contribution in [0.25, 0.3) is 0 Å². The predicted molar refractivity (Wildman–Crippen MR) is 93.4 cm³/mol. The van der Waals surface area contributed by atoms with Gasteiger partial charge in [0.15, 0.2) is 5.96 Å². The topological polar surface area (TPSA) is 68.2 Å². The van der Waals surface area contributed by atoms with Gasteiger partial charge in [0.25, 0.3) is 0 Å². The Balaban J connectivity index is 1.77. The Morgan fingerprint density at radius 3 is 3.04 bits per heavy atom. The molecule has 0 radical (unpaired) electrons. The van der Waals surface area contributed by atoms with E-state index in [0.717, 1.165) is 37.6 Å². The van der Waals surface area contributed by atoms with E-state index >= 15 is 0 Å². The highest BCUT2D eigenvalue weighted by atomic mass is 16.5. The van der Waals surface area contributed by atoms with Gasteiger partial charge in [-0.3, -0.25) is 4.99 Å². The van der Waals surface area contributed by atoms with Crippen molar-refractivity contribution in [2.45, 2.75) is 13.0 Å². The summed E-state index contributed by atoms with van der Waals surface area (Å²) in [5, 5.41) is 3.41. The number of nitrogens with one attached hydrogen (secondary N) is 1. The van der Waals surface area contributed by atoms with Crippen LogP contribution in [0.1, 0.15) is 12.0 Å². The van der Waals surface area contributed by atoms with Crippen LogP contribution in [0.15, 0.2) is 23.3 Å². The first kappa shape index (κ1) is 18.5. The fraction of sp³-hybridized carbons (Fsp3) is 0.647. The summed E-state index contributed by atoms with van der Waals surface area (Å²) >= 11 is 0. The van der Waals surface area contributed by atoms with Crippen LogP contribution >= 0.6 is 0 Å². The standard InChI is InChI=1S/C17H28N4O3/c1-18-17(20-11-14-4-6-19-16(10-14)23-3)21-7-5-15(12-21)13-24-9-8-22-2/h4,6,10,15H,5,7-9,11-13H2,1-3H3,(H,18,20). The van der Waals surface area contributed by atoms with E-state index in [1.54, 1.807) is 20.4 Å². The molecule has 1 aliphatic rings. The molecule has 134 valence electrons. The van der Waals surface area contributed by atoms with Gasteiger partial charge in [0, 0.05) is 52.0 Å². The van der Waals surface area contributed by atoms with E-state index in [0.29, 0.717) is 31.6 Å². The van der Waals surface area contributed by atoms with Crippen LogP contribution in [0.5, 0.6) is 5.88 Å². The van der Waals surface area contributed by atoms with Crippen LogP contribution in [-0.4, -0.2) is 70.0 Å². The summed E-state index contributed by atoms with van der Waals surface area (Å²) in [5.41, 5.74) is 1.11. The minimum absolute atomic E-state index is 0.543. The zero-order chi connectivity index (χ0) is 17.2. The number of rotatable bonds is 8. The minimum Gasteiger partial charge on any atom is -0.481 e. The van der Waals surface area contributed by atoms with Gasteiger partial charge in [-0.25, -0.2) is 4.98 Å². The van der Waals surface area contributed by atoms with Crippen molar-refractivity contribution in [2.24, 2.45) is 10.9 Å². The normalized spacial score (nSPS) is 18.0. The molecule has 2 rings (SSSR count). The molecule has 0 saturated carbocycles. The molecule has 1 unspecified atom stereocenters. The molecule has 0 bridgehead atoms. The zero-order valence-corrected chi connectivity index (χ0v) is 14.8. The fourth-order valence-electron chi connectivity index (χ4n) is 2.74. The Kier molecular flexibility index (Phi) is 7.77. The van der Waals surface area contributed by atoms with Crippen molar-refractivity contribution in [2.75, 3.05) is 54.2 Å². The van der Waals surface area contributed by atoms with E-state index in [-0.39, 0.29) is 0 Å². The first-order valence-corrected chi connectivity index (χ1v) is 8.28. The summed E-state index contributed by atoms with van der Waals surface area (Å²) in [6, 6.07) is 3.90. The molecular weight excluding hydrogens is 308 g/mol. The number of nitrogens with zero attached hydrogens (tertiary/aromatic N) is 3. The SMILES string of the molecule is CN=C(NCc1ccnc(OC)c1)N1CCC(COCCOC)C1. The van der Waals surface area contributed by atoms with E-state index in [1.165, 1.54) is 0 Å². The number of guanidine groups is 1. The van der Waals surface area contributed by atoms with Crippen molar-refractivity contribution < 1.29 is 14.2 Å². The number of aliphatic imine (C=N–C) groups is 1. The molecule has 0 spiro atoms. The third-order valence-corrected chi connectivity index (χ3v) is 4.04. The first-order valence-electron chi connectivity index (χ1n) is 8.28. The van der Waals surface area contributed by atoms with Gasteiger partial charge in [0.1, 0.15) is 0 Å². The summed E-state index contributed by atoms with van der Waals surface area (Å²) in [4.78, 5) is 10.8. The summed E-state index contributed by atoms with van der Waals surface area (Å²) in [6.07, 6.45) is 2.87. The molecule has 2 heterocycles. The number of pyridine rings is 1. The van der Waals surface area contributed by atoms with Crippen LogP contribution in [0, 0.1) is 5.92 Å². The Bertz CT molecular complexity index is 524. The number of aromatic nitrogens is 1. The fourth-order valence-corrected chi connectivity index (χ4v) is 2.74. The van der Waals surface area contributed by atoms with Gasteiger partial charge >= 0.3 is 0 Å². The number of hydrogen-bond acceptors (Lipinski definition) is 5. The quantitative estimate of drug-likeness (QED) is 0.436. The Hall–Kier alpha value is -1.86. The lowest BCUT2D eigenvalue weighted by Crippen LogP contribution is -2.39. The Morgan fingerprint density at radius 1 is 1.42 bits per heavy atom. The van der Waals surface area contributed by atoms with E-state index < -0.39 is 0 Å². The highest BCUT2D eigenvalue weighted by molar-refractivity contribution is 5.80. The maximum atomic E-state index is 5.64. The molecule has 0 aliphatic carbocycles. The van der Waals surface area contributed by atoms with Gasteiger partial charge in [-0.05, 0) is 18.1 Å². The summed E-state index contributed by atoms with van der Waals surface area (Å²) in [6.45, 7) is 4.73. The lowest BCUT2D eigenvalue weighted by atomic mass is 10.1. The molecule has 1 atom stereocenters. The van der Waals surface area contributed by atoms with Crippen molar-refractivity contribution in [1.29, 1.82) is 0 Å². The Labute approximate surface area is 144 Å². The average molecular weight is 336 g/mol. The van der Waals surface area contributed by atoms with Gasteiger partial charge in [0.2, 0.25) is 5.88 Å². The van der Waals surface area contributed by atoms with Gasteiger partial charge in [-0.1, -0.05) is 0 Å². The van der Waals surface area contributed by atoms with Crippen molar-refractivity contribution in [3.63, 3.8) is 0 Å². The second-order valence-electron chi connectivity index (χ2n) is 5.78. The van der Waals surface area contributed by atoms with E-state index in [1.807, 2.05) is 19.2 Å². The largest absolute Gasteiger partial charge is 0.481 e. The van der Waals surface area contributed by atoms with Crippen LogP contribution in [-0.2, 0) is 16.0 Å². The van der Waals surface area contributed by atoms with E-state index in [2.05, 4.69) is 20.2 Å². The van der Waals surface area contributed by atoms with E-state index in [4.69, 9.17) is 14.2 Å². The maximum absolute atomic E-state index is 5.64. The molecule has 1 aromatic rings. The molecule has 1 saturated heterocycles. The van der Waals surface area contributed by atoms with Crippen molar-refractivity contribution in [1.82, 2.24) is 15.2 Å². The molecule has 7 nitrogen and oxygen atoms in total. The molecule has 1 N–H and O–H groups in total. The maximum Gasteiger partial charge on any atom is 0.213 e. The van der Waals surface area contributed by atoms with Gasteiger partial charge < -0.3 is 24.4 Å². The van der Waals surface area contributed by atoms with Crippen molar-refractivity contribution >= 4 is 5.96 Å². The molecule has 1 aliphatic heterocycles. The third kappa shape index (κ3) is 5.65. The summed E-state index contributed by atoms with van der Waals surface area (Å²) in [7, 11) is 5.13. The van der Waals surface area contributed by atoms with E-state index in [9.17, 15) is 0 Å². The molecule has 0 amide bonds. The molecule has 7 heteroatoms.